The number of aromatic nitrogens is 1. The zero-order valence-electron chi connectivity index (χ0n) is 26.8. The van der Waals surface area contributed by atoms with Crippen molar-refractivity contribution in [3.63, 3.8) is 0 Å². The molecule has 244 valence electrons. The normalized spacial score (nSPS) is 17.9. The highest BCUT2D eigenvalue weighted by molar-refractivity contribution is 6.30. The van der Waals surface area contributed by atoms with Crippen molar-refractivity contribution < 1.29 is 14.3 Å². The van der Waals surface area contributed by atoms with Gasteiger partial charge in [-0.3, -0.25) is 9.78 Å². The minimum Gasteiger partial charge on any atom is -0.410 e. The molecule has 47 heavy (non-hydrogen) atoms. The SMILES string of the molecule is CC(NC(C1CC1)C1CC1)c1ccccc1N1CCN(C(=O)C(Cc2ccc(Cl)cc2)NC(=O)Oc2ccc3ncccc3c2)CC1. The Morgan fingerprint density at radius 1 is 0.915 bits per heavy atom. The van der Waals surface area contributed by atoms with Gasteiger partial charge in [0.15, 0.2) is 0 Å². The molecule has 0 radical (unpaired) electrons. The van der Waals surface area contributed by atoms with E-state index in [-0.39, 0.29) is 11.9 Å². The average Bonchev–Trinajstić information content (AvgIpc) is 4.03. The monoisotopic (exact) mass is 651 g/mol. The van der Waals surface area contributed by atoms with E-state index in [0.29, 0.717) is 49.4 Å². The first-order valence-corrected chi connectivity index (χ1v) is 17.3. The maximum atomic E-state index is 14.0. The van der Waals surface area contributed by atoms with Crippen molar-refractivity contribution in [1.82, 2.24) is 20.5 Å². The lowest BCUT2D eigenvalue weighted by Crippen LogP contribution is -2.56. The van der Waals surface area contributed by atoms with Gasteiger partial charge in [0.2, 0.25) is 5.91 Å². The minimum absolute atomic E-state index is 0.126. The van der Waals surface area contributed by atoms with Crippen molar-refractivity contribution in [3.05, 3.63) is 101 Å². The molecule has 3 aliphatic rings. The zero-order valence-corrected chi connectivity index (χ0v) is 27.5. The molecule has 2 atom stereocenters. The Bertz CT molecular complexity index is 1700. The van der Waals surface area contributed by atoms with Crippen LogP contribution >= 0.6 is 11.6 Å². The fourth-order valence-corrected chi connectivity index (χ4v) is 7.05. The number of halogens is 1. The van der Waals surface area contributed by atoms with E-state index in [9.17, 15) is 9.59 Å². The molecule has 1 aromatic heterocycles. The summed E-state index contributed by atoms with van der Waals surface area (Å²) in [6.07, 6.45) is 6.78. The average molecular weight is 652 g/mol. The molecule has 2 saturated carbocycles. The molecule has 0 bridgehead atoms. The number of nitrogens with zero attached hydrogens (tertiary/aromatic N) is 3. The number of benzene rings is 3. The highest BCUT2D eigenvalue weighted by atomic mass is 35.5. The van der Waals surface area contributed by atoms with Gasteiger partial charge in [-0.05, 0) is 98.0 Å². The van der Waals surface area contributed by atoms with E-state index >= 15 is 0 Å². The van der Waals surface area contributed by atoms with E-state index in [1.54, 1.807) is 36.5 Å². The molecule has 1 aliphatic heterocycles. The summed E-state index contributed by atoms with van der Waals surface area (Å²) >= 11 is 6.12. The number of carbonyl (C=O) groups excluding carboxylic acids is 2. The summed E-state index contributed by atoms with van der Waals surface area (Å²) in [6, 6.07) is 25.1. The fraction of sp³-hybridized carbons (Fsp3) is 0.395. The van der Waals surface area contributed by atoms with Crippen molar-refractivity contribution in [2.24, 2.45) is 11.8 Å². The third kappa shape index (κ3) is 7.71. The molecule has 2 amide bonds. The number of pyridine rings is 1. The van der Waals surface area contributed by atoms with Crippen LogP contribution in [-0.4, -0.2) is 60.1 Å². The summed E-state index contributed by atoms with van der Waals surface area (Å²) < 4.78 is 5.64. The summed E-state index contributed by atoms with van der Waals surface area (Å²) in [7, 11) is 0. The van der Waals surface area contributed by atoms with Gasteiger partial charge in [0.05, 0.1) is 5.52 Å². The standard InChI is InChI=1S/C38H42ClN5O3/c1-25(41-36(27-10-11-27)28-12-13-28)32-6-2-3-7-35(32)43-19-21-44(22-20-43)37(45)34(23-26-8-14-30(39)15-9-26)42-38(46)47-31-16-17-33-29(24-31)5-4-18-40-33/h2-9,14-18,24-25,27-28,34,36,41H,10-13,19-23H2,1H3,(H,42,46). The maximum Gasteiger partial charge on any atom is 0.413 e. The molecule has 7 rings (SSSR count). The van der Waals surface area contributed by atoms with Gasteiger partial charge in [-0.2, -0.15) is 0 Å². The van der Waals surface area contributed by atoms with Crippen LogP contribution in [0.2, 0.25) is 5.02 Å². The van der Waals surface area contributed by atoms with Crippen molar-refractivity contribution in [1.29, 1.82) is 0 Å². The Morgan fingerprint density at radius 3 is 2.36 bits per heavy atom. The van der Waals surface area contributed by atoms with Crippen LogP contribution in [0.5, 0.6) is 5.75 Å². The second kappa shape index (κ2) is 13.9. The molecule has 8 nitrogen and oxygen atoms in total. The molecule has 1 saturated heterocycles. The smallest absolute Gasteiger partial charge is 0.410 e. The number of anilines is 1. The van der Waals surface area contributed by atoms with E-state index in [1.807, 2.05) is 29.2 Å². The van der Waals surface area contributed by atoms with Crippen molar-refractivity contribution >= 4 is 40.2 Å². The van der Waals surface area contributed by atoms with Crippen LogP contribution in [-0.2, 0) is 11.2 Å². The van der Waals surface area contributed by atoms with E-state index in [1.165, 1.54) is 36.9 Å². The lowest BCUT2D eigenvalue weighted by atomic mass is 10.0. The van der Waals surface area contributed by atoms with Gasteiger partial charge >= 0.3 is 6.09 Å². The minimum atomic E-state index is -0.796. The summed E-state index contributed by atoms with van der Waals surface area (Å²) in [5.74, 6) is 1.93. The first kappa shape index (κ1) is 31.5. The van der Waals surface area contributed by atoms with Crippen molar-refractivity contribution in [2.75, 3.05) is 31.1 Å². The maximum absolute atomic E-state index is 14.0. The number of carbonyl (C=O) groups is 2. The van der Waals surface area contributed by atoms with Crippen LogP contribution in [0.4, 0.5) is 10.5 Å². The van der Waals surface area contributed by atoms with Crippen molar-refractivity contribution in [3.8, 4) is 5.75 Å². The summed E-state index contributed by atoms with van der Waals surface area (Å²) in [5, 5.41) is 8.34. The number of hydrogen-bond acceptors (Lipinski definition) is 6. The molecule has 2 unspecified atom stereocenters. The van der Waals surface area contributed by atoms with E-state index in [0.717, 1.165) is 28.3 Å². The topological polar surface area (TPSA) is 86.8 Å². The van der Waals surface area contributed by atoms with Gasteiger partial charge in [-0.25, -0.2) is 4.79 Å². The number of para-hydroxylation sites is 1. The first-order valence-electron chi connectivity index (χ1n) is 16.9. The third-order valence-electron chi connectivity index (χ3n) is 9.77. The Labute approximate surface area is 281 Å². The Hall–Kier alpha value is -4.14. The molecule has 2 N–H and O–H groups in total. The highest BCUT2D eigenvalue weighted by Crippen LogP contribution is 2.45. The predicted molar refractivity (Wildman–Crippen MR) is 186 cm³/mol. The van der Waals surface area contributed by atoms with Crippen LogP contribution in [0.1, 0.15) is 49.8 Å². The number of nitrogens with one attached hydrogen (secondary N) is 2. The number of piperazine rings is 1. The molecule has 9 heteroatoms. The van der Waals surface area contributed by atoms with E-state index in [2.05, 4.69) is 51.7 Å². The lowest BCUT2D eigenvalue weighted by molar-refractivity contribution is -0.133. The van der Waals surface area contributed by atoms with Gasteiger partial charge in [0.25, 0.3) is 0 Å². The van der Waals surface area contributed by atoms with Gasteiger partial charge in [-0.1, -0.05) is 48.0 Å². The summed E-state index contributed by atoms with van der Waals surface area (Å²) in [6.45, 7) is 4.85. The fourth-order valence-electron chi connectivity index (χ4n) is 6.93. The third-order valence-corrected chi connectivity index (χ3v) is 10.0. The van der Waals surface area contributed by atoms with Crippen LogP contribution in [0, 0.1) is 11.8 Å². The molecule has 0 spiro atoms. The largest absolute Gasteiger partial charge is 0.413 e. The Morgan fingerprint density at radius 2 is 1.64 bits per heavy atom. The molecular formula is C38H42ClN5O3. The van der Waals surface area contributed by atoms with Crippen LogP contribution in [0.3, 0.4) is 0 Å². The van der Waals surface area contributed by atoms with Crippen LogP contribution in [0.15, 0.2) is 85.1 Å². The van der Waals surface area contributed by atoms with Gasteiger partial charge in [0, 0.05) is 67.0 Å². The van der Waals surface area contributed by atoms with E-state index < -0.39 is 12.1 Å². The Balaban J connectivity index is 1.01. The first-order chi connectivity index (χ1) is 22.9. The summed E-state index contributed by atoms with van der Waals surface area (Å²) in [4.78, 5) is 35.7. The number of ether oxygens (including phenoxy) is 1. The predicted octanol–water partition coefficient (Wildman–Crippen LogP) is 6.78. The quantitative estimate of drug-likeness (QED) is 0.186. The number of rotatable bonds is 11. The number of fused-ring (bicyclic) bond motifs is 1. The zero-order chi connectivity index (χ0) is 32.3. The molecule has 4 aromatic rings. The molecule has 3 aromatic carbocycles. The number of amides is 2. The van der Waals surface area contributed by atoms with Gasteiger partial charge in [0.1, 0.15) is 11.8 Å². The van der Waals surface area contributed by atoms with Crippen LogP contribution < -0.4 is 20.3 Å². The second-order valence-electron chi connectivity index (χ2n) is 13.2. The second-order valence-corrected chi connectivity index (χ2v) is 13.7. The number of hydrogen-bond donors (Lipinski definition) is 2. The van der Waals surface area contributed by atoms with Gasteiger partial charge in [-0.15, -0.1) is 0 Å². The van der Waals surface area contributed by atoms with Gasteiger partial charge < -0.3 is 25.2 Å². The Kier molecular flexibility index (Phi) is 9.32. The molecule has 2 heterocycles. The van der Waals surface area contributed by atoms with Crippen molar-refractivity contribution in [2.45, 2.75) is 57.2 Å². The highest BCUT2D eigenvalue weighted by Gasteiger charge is 2.42. The van der Waals surface area contributed by atoms with Crippen LogP contribution in [0.25, 0.3) is 10.9 Å². The molecule has 3 fully saturated rings. The molecule has 2 aliphatic carbocycles. The molecular weight excluding hydrogens is 610 g/mol. The summed E-state index contributed by atoms with van der Waals surface area (Å²) in [5.41, 5.74) is 4.25. The van der Waals surface area contributed by atoms with E-state index in [4.69, 9.17) is 16.3 Å². The lowest BCUT2D eigenvalue weighted by Gasteiger charge is -2.39.